The van der Waals surface area contributed by atoms with E-state index in [2.05, 4.69) is 20.8 Å². The molecule has 0 saturated carbocycles. The highest BCUT2D eigenvalue weighted by atomic mass is 16.5. The van der Waals surface area contributed by atoms with Crippen LogP contribution in [0, 0.1) is 5.41 Å². The van der Waals surface area contributed by atoms with E-state index in [0.717, 1.165) is 26.2 Å². The standard InChI is InChI=1S/C10H20O2/c1-4-9(3)12-8-10(5-2)6-11-7-10/h9H,4-8H2,1-3H3. The molecule has 0 spiro atoms. The highest BCUT2D eigenvalue weighted by molar-refractivity contribution is 4.84. The van der Waals surface area contributed by atoms with E-state index in [9.17, 15) is 0 Å². The van der Waals surface area contributed by atoms with E-state index in [-0.39, 0.29) is 0 Å². The Bertz CT molecular complexity index is 124. The van der Waals surface area contributed by atoms with Crippen LogP contribution in [0.15, 0.2) is 0 Å². The van der Waals surface area contributed by atoms with Gasteiger partial charge < -0.3 is 9.47 Å². The monoisotopic (exact) mass is 172 g/mol. The third-order valence-electron chi connectivity index (χ3n) is 2.82. The summed E-state index contributed by atoms with van der Waals surface area (Å²) < 4.78 is 10.9. The van der Waals surface area contributed by atoms with Crippen molar-refractivity contribution in [2.24, 2.45) is 5.41 Å². The molecule has 0 amide bonds. The minimum atomic E-state index is 0.351. The molecule has 0 aromatic carbocycles. The number of hydrogen-bond acceptors (Lipinski definition) is 2. The van der Waals surface area contributed by atoms with Crippen LogP contribution in [0.2, 0.25) is 0 Å². The van der Waals surface area contributed by atoms with Crippen LogP contribution in [0.1, 0.15) is 33.6 Å². The third kappa shape index (κ3) is 2.20. The molecular weight excluding hydrogens is 152 g/mol. The van der Waals surface area contributed by atoms with Crippen LogP contribution in [-0.4, -0.2) is 25.9 Å². The molecule has 0 aromatic rings. The molecular formula is C10H20O2. The lowest BCUT2D eigenvalue weighted by molar-refractivity contribution is -0.159. The minimum absolute atomic E-state index is 0.351. The fraction of sp³-hybridized carbons (Fsp3) is 1.00. The Hall–Kier alpha value is -0.0800. The van der Waals surface area contributed by atoms with Crippen LogP contribution < -0.4 is 0 Å². The lowest BCUT2D eigenvalue weighted by atomic mass is 9.84. The van der Waals surface area contributed by atoms with Gasteiger partial charge in [-0.3, -0.25) is 0 Å². The van der Waals surface area contributed by atoms with Gasteiger partial charge in [-0.1, -0.05) is 13.8 Å². The largest absolute Gasteiger partial charge is 0.380 e. The van der Waals surface area contributed by atoms with E-state index in [0.29, 0.717) is 11.5 Å². The van der Waals surface area contributed by atoms with E-state index in [1.807, 2.05) is 0 Å². The van der Waals surface area contributed by atoms with Crippen molar-refractivity contribution >= 4 is 0 Å². The molecule has 1 saturated heterocycles. The quantitative estimate of drug-likeness (QED) is 0.633. The van der Waals surface area contributed by atoms with Gasteiger partial charge in [0.2, 0.25) is 0 Å². The van der Waals surface area contributed by atoms with Crippen LogP contribution in [0.25, 0.3) is 0 Å². The maximum Gasteiger partial charge on any atom is 0.0570 e. The summed E-state index contributed by atoms with van der Waals surface area (Å²) in [6, 6.07) is 0. The summed E-state index contributed by atoms with van der Waals surface area (Å²) in [6.45, 7) is 9.14. The van der Waals surface area contributed by atoms with Crippen molar-refractivity contribution in [3.8, 4) is 0 Å². The summed E-state index contributed by atoms with van der Waals surface area (Å²) in [5, 5.41) is 0. The van der Waals surface area contributed by atoms with Crippen LogP contribution in [0.5, 0.6) is 0 Å². The number of rotatable bonds is 5. The molecule has 12 heavy (non-hydrogen) atoms. The Labute approximate surface area is 75.2 Å². The van der Waals surface area contributed by atoms with Crippen molar-refractivity contribution < 1.29 is 9.47 Å². The van der Waals surface area contributed by atoms with Gasteiger partial charge in [0.15, 0.2) is 0 Å². The summed E-state index contributed by atoms with van der Waals surface area (Å²) in [5.74, 6) is 0. The zero-order valence-electron chi connectivity index (χ0n) is 8.43. The molecule has 1 fully saturated rings. The van der Waals surface area contributed by atoms with Gasteiger partial charge in [0.1, 0.15) is 0 Å². The van der Waals surface area contributed by atoms with E-state index in [4.69, 9.17) is 9.47 Å². The summed E-state index contributed by atoms with van der Waals surface area (Å²) in [5.41, 5.74) is 0.351. The molecule has 1 unspecified atom stereocenters. The first-order valence-electron chi connectivity index (χ1n) is 4.92. The average Bonchev–Trinajstić information content (AvgIpc) is 2.03. The summed E-state index contributed by atoms with van der Waals surface area (Å²) in [6.07, 6.45) is 2.67. The van der Waals surface area contributed by atoms with Crippen LogP contribution >= 0.6 is 0 Å². The highest BCUT2D eigenvalue weighted by Crippen LogP contribution is 2.31. The SMILES string of the molecule is CCC(C)OCC1(CC)COC1. The van der Waals surface area contributed by atoms with E-state index >= 15 is 0 Å². The maximum atomic E-state index is 5.71. The Morgan fingerprint density at radius 1 is 1.42 bits per heavy atom. The van der Waals surface area contributed by atoms with E-state index < -0.39 is 0 Å². The average molecular weight is 172 g/mol. The van der Waals surface area contributed by atoms with Crippen molar-refractivity contribution in [3.63, 3.8) is 0 Å². The normalized spacial score (nSPS) is 23.2. The third-order valence-corrected chi connectivity index (χ3v) is 2.82. The van der Waals surface area contributed by atoms with Gasteiger partial charge in [-0.25, -0.2) is 0 Å². The topological polar surface area (TPSA) is 18.5 Å². The molecule has 1 heterocycles. The highest BCUT2D eigenvalue weighted by Gasteiger charge is 2.37. The first-order chi connectivity index (χ1) is 5.72. The van der Waals surface area contributed by atoms with Gasteiger partial charge in [0, 0.05) is 5.41 Å². The Morgan fingerprint density at radius 2 is 2.08 bits per heavy atom. The first-order valence-corrected chi connectivity index (χ1v) is 4.92. The Balaban J connectivity index is 2.20. The fourth-order valence-electron chi connectivity index (χ4n) is 1.22. The van der Waals surface area contributed by atoms with Crippen LogP contribution in [0.3, 0.4) is 0 Å². The van der Waals surface area contributed by atoms with Crippen LogP contribution in [-0.2, 0) is 9.47 Å². The molecule has 1 atom stereocenters. The Kier molecular flexibility index (Phi) is 3.53. The molecule has 0 bridgehead atoms. The molecule has 0 aliphatic carbocycles. The molecule has 72 valence electrons. The molecule has 0 aromatic heterocycles. The van der Waals surface area contributed by atoms with E-state index in [1.165, 1.54) is 6.42 Å². The predicted octanol–water partition coefficient (Wildman–Crippen LogP) is 2.23. The van der Waals surface area contributed by atoms with Gasteiger partial charge >= 0.3 is 0 Å². The van der Waals surface area contributed by atoms with Gasteiger partial charge in [-0.05, 0) is 19.8 Å². The van der Waals surface area contributed by atoms with Gasteiger partial charge in [-0.2, -0.15) is 0 Å². The molecule has 2 nitrogen and oxygen atoms in total. The maximum absolute atomic E-state index is 5.71. The van der Waals surface area contributed by atoms with Crippen molar-refractivity contribution in [2.45, 2.75) is 39.7 Å². The Morgan fingerprint density at radius 3 is 2.42 bits per heavy atom. The second-order valence-corrected chi connectivity index (χ2v) is 3.88. The predicted molar refractivity (Wildman–Crippen MR) is 49.2 cm³/mol. The molecule has 1 rings (SSSR count). The lowest BCUT2D eigenvalue weighted by Gasteiger charge is -2.41. The summed E-state index contributed by atoms with van der Waals surface area (Å²) >= 11 is 0. The van der Waals surface area contributed by atoms with Gasteiger partial charge in [-0.15, -0.1) is 0 Å². The van der Waals surface area contributed by atoms with Crippen LogP contribution in [0.4, 0.5) is 0 Å². The van der Waals surface area contributed by atoms with Gasteiger partial charge in [0.25, 0.3) is 0 Å². The first kappa shape index (κ1) is 10.0. The van der Waals surface area contributed by atoms with Gasteiger partial charge in [0.05, 0.1) is 25.9 Å². The van der Waals surface area contributed by atoms with Crippen molar-refractivity contribution in [3.05, 3.63) is 0 Å². The number of hydrogen-bond donors (Lipinski definition) is 0. The minimum Gasteiger partial charge on any atom is -0.380 e. The molecule has 0 N–H and O–H groups in total. The van der Waals surface area contributed by atoms with Crippen molar-refractivity contribution in [1.82, 2.24) is 0 Å². The zero-order chi connectivity index (χ0) is 9.03. The molecule has 1 aliphatic rings. The summed E-state index contributed by atoms with van der Waals surface area (Å²) in [7, 11) is 0. The summed E-state index contributed by atoms with van der Waals surface area (Å²) in [4.78, 5) is 0. The molecule has 1 aliphatic heterocycles. The molecule has 2 heteroatoms. The van der Waals surface area contributed by atoms with Crippen molar-refractivity contribution in [2.75, 3.05) is 19.8 Å². The fourth-order valence-corrected chi connectivity index (χ4v) is 1.22. The second-order valence-electron chi connectivity index (χ2n) is 3.88. The number of ether oxygens (including phenoxy) is 2. The molecule has 0 radical (unpaired) electrons. The lowest BCUT2D eigenvalue weighted by Crippen LogP contribution is -2.46. The second kappa shape index (κ2) is 4.24. The smallest absolute Gasteiger partial charge is 0.0570 e. The zero-order valence-corrected chi connectivity index (χ0v) is 8.43. The van der Waals surface area contributed by atoms with Crippen molar-refractivity contribution in [1.29, 1.82) is 0 Å². The van der Waals surface area contributed by atoms with E-state index in [1.54, 1.807) is 0 Å².